The molecule has 368 valence electrons. The first-order chi connectivity index (χ1) is 28.6. The third-order valence-corrected chi connectivity index (χ3v) is 36.6. The largest absolute Gasteiger partial charge is 0.417 e. The predicted octanol–water partition coefficient (Wildman–Crippen LogP) is 17.2. The van der Waals surface area contributed by atoms with Crippen molar-refractivity contribution >= 4 is 33.3 Å². The summed E-state index contributed by atoms with van der Waals surface area (Å²) < 4.78 is 35.6. The summed E-state index contributed by atoms with van der Waals surface area (Å²) in [4.78, 5) is 0. The van der Waals surface area contributed by atoms with Crippen molar-refractivity contribution in [3.63, 3.8) is 0 Å². The van der Waals surface area contributed by atoms with Gasteiger partial charge in [0.05, 0.1) is 17.8 Å². The molecule has 0 radical (unpaired) electrons. The number of hydrogen-bond donors (Lipinski definition) is 0. The zero-order chi connectivity index (χ0) is 48.3. The minimum Gasteiger partial charge on any atom is -0.417 e. The van der Waals surface area contributed by atoms with Gasteiger partial charge in [0.2, 0.25) is 0 Å². The Balaban J connectivity index is 1.92. The van der Waals surface area contributed by atoms with Gasteiger partial charge in [-0.25, -0.2) is 0 Å². The van der Waals surface area contributed by atoms with Crippen LogP contribution in [0, 0.1) is 23.2 Å². The highest BCUT2D eigenvalue weighted by molar-refractivity contribution is 6.75. The Kier molecular flexibility index (Phi) is 19.7. The summed E-state index contributed by atoms with van der Waals surface area (Å²) in [6.07, 6.45) is 16.3. The standard InChI is InChI=1S/C54H106O5Si4/c1-24-63(25-2,26-3)59-53(15,16)36-27-30-41(4)45-34-35-46-43(31-28-37-54(45,46)17)32-33-44-40-47(57-61(20,21)51(9,10)11)49(48(42(44)5)58-62(22,23)52(12,13)14)55-38-29-39-56-60(18,19)50(6,7)8/h32-33,41,45-49H,5,24-31,34-40H2,1-4,6-23H3/b43-32+,44-33-/t41-,45-,46?,47-,48-,49-,54-/m1/s1. The molecule has 0 aliphatic heterocycles. The van der Waals surface area contributed by atoms with Crippen molar-refractivity contribution in [1.82, 2.24) is 0 Å². The second kappa shape index (κ2) is 21.7. The van der Waals surface area contributed by atoms with E-state index < -0.39 is 33.3 Å². The van der Waals surface area contributed by atoms with E-state index in [1.165, 1.54) is 75.1 Å². The smallest absolute Gasteiger partial charge is 0.193 e. The van der Waals surface area contributed by atoms with Crippen molar-refractivity contribution < 1.29 is 22.4 Å². The second-order valence-corrected chi connectivity index (χ2v) is 45.3. The molecule has 0 saturated heterocycles. The van der Waals surface area contributed by atoms with E-state index >= 15 is 0 Å². The van der Waals surface area contributed by atoms with Crippen molar-refractivity contribution in [2.75, 3.05) is 13.2 Å². The molecule has 0 aromatic rings. The van der Waals surface area contributed by atoms with Crippen LogP contribution in [0.3, 0.4) is 0 Å². The van der Waals surface area contributed by atoms with Crippen molar-refractivity contribution in [1.29, 1.82) is 0 Å². The molecule has 0 aromatic carbocycles. The van der Waals surface area contributed by atoms with Gasteiger partial charge >= 0.3 is 0 Å². The predicted molar refractivity (Wildman–Crippen MR) is 285 cm³/mol. The molecule has 1 unspecified atom stereocenters. The fourth-order valence-corrected chi connectivity index (χ4v) is 17.5. The van der Waals surface area contributed by atoms with Crippen LogP contribution in [-0.2, 0) is 22.4 Å². The van der Waals surface area contributed by atoms with Crippen LogP contribution in [-0.4, -0.2) is 70.4 Å². The van der Waals surface area contributed by atoms with Gasteiger partial charge in [-0.15, -0.1) is 0 Å². The van der Waals surface area contributed by atoms with Gasteiger partial charge in [-0.2, -0.15) is 0 Å². The van der Waals surface area contributed by atoms with E-state index in [4.69, 9.17) is 29.0 Å². The minimum atomic E-state index is -2.22. The topological polar surface area (TPSA) is 46.2 Å². The summed E-state index contributed by atoms with van der Waals surface area (Å²) in [5, 5.41) is 0.308. The number of allylic oxidation sites excluding steroid dienone is 3. The lowest BCUT2D eigenvalue weighted by Gasteiger charge is -2.49. The third kappa shape index (κ3) is 14.2. The lowest BCUT2D eigenvalue weighted by atomic mass is 9.60. The lowest BCUT2D eigenvalue weighted by molar-refractivity contribution is -0.0879. The van der Waals surface area contributed by atoms with E-state index in [-0.39, 0.29) is 39.0 Å². The molecule has 0 N–H and O–H groups in total. The molecule has 0 heterocycles. The van der Waals surface area contributed by atoms with Crippen molar-refractivity contribution in [2.24, 2.45) is 23.2 Å². The maximum absolute atomic E-state index is 7.45. The van der Waals surface area contributed by atoms with Gasteiger partial charge in [0.1, 0.15) is 6.10 Å². The maximum atomic E-state index is 7.45. The average Bonchev–Trinajstić information content (AvgIpc) is 3.51. The van der Waals surface area contributed by atoms with Crippen molar-refractivity contribution in [3.05, 3.63) is 35.5 Å². The van der Waals surface area contributed by atoms with E-state index in [1.807, 2.05) is 0 Å². The van der Waals surface area contributed by atoms with Crippen LogP contribution in [0.25, 0.3) is 0 Å². The summed E-state index contributed by atoms with van der Waals surface area (Å²) in [7, 11) is -7.86. The molecule has 3 aliphatic rings. The van der Waals surface area contributed by atoms with Gasteiger partial charge in [-0.1, -0.05) is 134 Å². The first kappa shape index (κ1) is 57.2. The van der Waals surface area contributed by atoms with E-state index in [0.717, 1.165) is 36.9 Å². The molecular weight excluding hydrogens is 841 g/mol. The molecule has 3 saturated carbocycles. The molecular formula is C54H106O5Si4. The Labute approximate surface area is 397 Å². The molecule has 0 aromatic heterocycles. The first-order valence-electron chi connectivity index (χ1n) is 26.0. The summed E-state index contributed by atoms with van der Waals surface area (Å²) in [5.41, 5.74) is 4.38. The van der Waals surface area contributed by atoms with Crippen LogP contribution in [0.1, 0.15) is 175 Å². The monoisotopic (exact) mass is 947 g/mol. The lowest BCUT2D eigenvalue weighted by Crippen LogP contribution is -2.57. The maximum Gasteiger partial charge on any atom is 0.193 e. The molecule has 63 heavy (non-hydrogen) atoms. The Morgan fingerprint density at radius 3 is 1.84 bits per heavy atom. The zero-order valence-corrected chi connectivity index (χ0v) is 50.0. The van der Waals surface area contributed by atoms with Crippen LogP contribution < -0.4 is 0 Å². The van der Waals surface area contributed by atoms with Gasteiger partial charge in [0, 0.05) is 19.6 Å². The van der Waals surface area contributed by atoms with Crippen LogP contribution in [0.4, 0.5) is 0 Å². The Hall–Kier alpha value is -0.112. The Morgan fingerprint density at radius 2 is 1.30 bits per heavy atom. The quantitative estimate of drug-likeness (QED) is 0.0847. The van der Waals surface area contributed by atoms with Gasteiger partial charge in [0.25, 0.3) is 0 Å². The van der Waals surface area contributed by atoms with Gasteiger partial charge < -0.3 is 22.4 Å². The van der Waals surface area contributed by atoms with Crippen molar-refractivity contribution in [3.8, 4) is 0 Å². The first-order valence-corrected chi connectivity index (χ1v) is 37.3. The molecule has 3 fully saturated rings. The highest BCUT2D eigenvalue weighted by Gasteiger charge is 2.52. The van der Waals surface area contributed by atoms with E-state index in [1.54, 1.807) is 5.57 Å². The van der Waals surface area contributed by atoms with Crippen molar-refractivity contribution in [2.45, 2.75) is 271 Å². The third-order valence-electron chi connectivity index (χ3n) is 18.3. The highest BCUT2D eigenvalue weighted by Crippen LogP contribution is 2.60. The number of fused-ring (bicyclic) bond motifs is 1. The number of rotatable bonds is 21. The van der Waals surface area contributed by atoms with E-state index in [9.17, 15) is 0 Å². The molecule has 9 heteroatoms. The SMILES string of the molecule is C=C1/C(=C\C=C2/CCC[C@@]3(C)C2CC[C@@H]3[C@H](C)CCCC(C)(C)O[Si](CC)(CC)CC)C[C@@H](O[Si](C)(C)C(C)(C)C)[C@@H](OCCCO[Si](C)(C)C(C)(C)C)[C@@H]1O[Si](C)(C)C(C)(C)C. The van der Waals surface area contributed by atoms with Crippen LogP contribution in [0.15, 0.2) is 35.5 Å². The van der Waals surface area contributed by atoms with Crippen LogP contribution in [0.2, 0.25) is 72.5 Å². The number of hydrogen-bond acceptors (Lipinski definition) is 5. The minimum absolute atomic E-state index is 0.0251. The fraction of sp³-hybridized carbons (Fsp3) is 0.889. The van der Waals surface area contributed by atoms with Crippen LogP contribution >= 0.6 is 0 Å². The van der Waals surface area contributed by atoms with Crippen LogP contribution in [0.5, 0.6) is 0 Å². The molecule has 3 rings (SSSR count). The van der Waals surface area contributed by atoms with E-state index in [0.29, 0.717) is 17.9 Å². The molecule has 3 aliphatic carbocycles. The normalized spacial score (nSPS) is 28.0. The van der Waals surface area contributed by atoms with Gasteiger partial charge in [0.15, 0.2) is 33.3 Å². The summed E-state index contributed by atoms with van der Waals surface area (Å²) in [6, 6.07) is 3.67. The highest BCUT2D eigenvalue weighted by atomic mass is 28.4. The van der Waals surface area contributed by atoms with Gasteiger partial charge in [-0.3, -0.25) is 0 Å². The second-order valence-electron chi connectivity index (χ2n) is 26.2. The zero-order valence-electron chi connectivity index (χ0n) is 46.0. The molecule has 0 amide bonds. The summed E-state index contributed by atoms with van der Waals surface area (Å²) in [5.74, 6) is 2.16. The average molecular weight is 948 g/mol. The molecule has 7 atom stereocenters. The molecule has 0 spiro atoms. The Bertz CT molecular complexity index is 1530. The molecule has 0 bridgehead atoms. The Morgan fingerprint density at radius 1 is 0.746 bits per heavy atom. The number of ether oxygens (including phenoxy) is 1. The molecule has 5 nitrogen and oxygen atoms in total. The fourth-order valence-electron chi connectivity index (χ4n) is 10.6. The van der Waals surface area contributed by atoms with E-state index in [2.05, 4.69) is 162 Å². The summed E-state index contributed by atoms with van der Waals surface area (Å²) in [6.45, 7) is 58.5. The summed E-state index contributed by atoms with van der Waals surface area (Å²) >= 11 is 0. The van der Waals surface area contributed by atoms with Gasteiger partial charge in [-0.05, 0) is 166 Å².